The summed E-state index contributed by atoms with van der Waals surface area (Å²) in [5, 5.41) is 2.30. The van der Waals surface area contributed by atoms with Crippen LogP contribution in [0.25, 0.3) is 6.08 Å². The van der Waals surface area contributed by atoms with Crippen molar-refractivity contribution in [3.05, 3.63) is 65.7 Å². The molecule has 2 rings (SSSR count). The van der Waals surface area contributed by atoms with Gasteiger partial charge < -0.3 is 5.32 Å². The summed E-state index contributed by atoms with van der Waals surface area (Å²) < 4.78 is 52.5. The number of carbonyl (C=O) groups is 1. The lowest BCUT2D eigenvalue weighted by atomic mass is 10.2. The summed E-state index contributed by atoms with van der Waals surface area (Å²) in [4.78, 5) is 12.0. The maximum atomic E-state index is 13.5. The van der Waals surface area contributed by atoms with E-state index in [4.69, 9.17) is 0 Å². The van der Waals surface area contributed by atoms with Crippen molar-refractivity contribution in [1.29, 1.82) is 0 Å². The van der Waals surface area contributed by atoms with Gasteiger partial charge in [-0.15, -0.1) is 0 Å². The van der Waals surface area contributed by atoms with Crippen LogP contribution in [0.15, 0.2) is 53.4 Å². The van der Waals surface area contributed by atoms with Crippen LogP contribution < -0.4 is 5.32 Å². The summed E-state index contributed by atoms with van der Waals surface area (Å²) in [5.74, 6) is -2.20. The van der Waals surface area contributed by atoms with E-state index >= 15 is 0 Å². The molecule has 2 aromatic carbocycles. The molecule has 5 nitrogen and oxygen atoms in total. The first-order valence-corrected chi connectivity index (χ1v) is 9.76. The zero-order valence-electron chi connectivity index (χ0n) is 14.9. The number of hydrogen-bond donors (Lipinski definition) is 1. The molecule has 0 saturated heterocycles. The maximum absolute atomic E-state index is 13.5. The number of hydrogen-bond acceptors (Lipinski definition) is 3. The number of carbonyl (C=O) groups excluding carboxylic acids is 1. The molecule has 0 spiro atoms. The van der Waals surface area contributed by atoms with Crippen molar-refractivity contribution in [2.75, 3.05) is 18.4 Å². The van der Waals surface area contributed by atoms with E-state index in [1.54, 1.807) is 26.0 Å². The third-order valence-electron chi connectivity index (χ3n) is 3.84. The molecule has 0 fully saturated rings. The maximum Gasteiger partial charge on any atom is 0.248 e. The standard InChI is InChI=1S/C19H20F2N2O3S/c1-3-23(4-2)27(25,26)16-9-5-14(6-10-16)7-12-19(24)22-18-11-8-15(20)13-17(18)21/h5-13H,3-4H2,1-2H3,(H,22,24). The van der Waals surface area contributed by atoms with E-state index in [1.165, 1.54) is 28.6 Å². The summed E-state index contributed by atoms with van der Waals surface area (Å²) in [6.07, 6.45) is 2.64. The number of nitrogens with zero attached hydrogens (tertiary/aromatic N) is 1. The predicted octanol–water partition coefficient (Wildman–Crippen LogP) is 3.65. The van der Waals surface area contributed by atoms with Gasteiger partial charge in [0.25, 0.3) is 0 Å². The second kappa shape index (κ2) is 8.88. The highest BCUT2D eigenvalue weighted by atomic mass is 32.2. The first-order chi connectivity index (χ1) is 12.8. The van der Waals surface area contributed by atoms with Gasteiger partial charge in [0.2, 0.25) is 15.9 Å². The van der Waals surface area contributed by atoms with Crippen LogP contribution in [0.1, 0.15) is 19.4 Å². The Kier molecular flexibility index (Phi) is 6.81. The highest BCUT2D eigenvalue weighted by Gasteiger charge is 2.20. The highest BCUT2D eigenvalue weighted by molar-refractivity contribution is 7.89. The third kappa shape index (κ3) is 5.21. The number of anilines is 1. The van der Waals surface area contributed by atoms with Gasteiger partial charge in [0.15, 0.2) is 0 Å². The van der Waals surface area contributed by atoms with Gasteiger partial charge >= 0.3 is 0 Å². The zero-order chi connectivity index (χ0) is 20.0. The van der Waals surface area contributed by atoms with E-state index in [0.717, 1.165) is 12.1 Å². The highest BCUT2D eigenvalue weighted by Crippen LogP contribution is 2.17. The van der Waals surface area contributed by atoms with Gasteiger partial charge in [-0.1, -0.05) is 26.0 Å². The van der Waals surface area contributed by atoms with Crippen LogP contribution in [0.5, 0.6) is 0 Å². The fraction of sp³-hybridized carbons (Fsp3) is 0.211. The van der Waals surface area contributed by atoms with E-state index < -0.39 is 27.6 Å². The molecule has 27 heavy (non-hydrogen) atoms. The quantitative estimate of drug-likeness (QED) is 0.729. The second-order valence-electron chi connectivity index (χ2n) is 5.61. The summed E-state index contributed by atoms with van der Waals surface area (Å²) in [6.45, 7) is 4.28. The fourth-order valence-corrected chi connectivity index (χ4v) is 3.86. The molecule has 0 heterocycles. The number of benzene rings is 2. The number of nitrogens with one attached hydrogen (secondary N) is 1. The minimum Gasteiger partial charge on any atom is -0.320 e. The molecule has 0 unspecified atom stereocenters. The van der Waals surface area contributed by atoms with Gasteiger partial charge in [0.1, 0.15) is 11.6 Å². The molecule has 0 aliphatic rings. The lowest BCUT2D eigenvalue weighted by Gasteiger charge is -2.18. The Balaban J connectivity index is 2.08. The molecule has 0 aliphatic carbocycles. The first kappa shape index (κ1) is 20.7. The van der Waals surface area contributed by atoms with Crippen LogP contribution in [-0.4, -0.2) is 31.7 Å². The molecule has 0 aromatic heterocycles. The molecule has 0 aliphatic heterocycles. The van der Waals surface area contributed by atoms with Crippen LogP contribution in [0, 0.1) is 11.6 Å². The predicted molar refractivity (Wildman–Crippen MR) is 101 cm³/mol. The first-order valence-electron chi connectivity index (χ1n) is 8.32. The molecule has 0 radical (unpaired) electrons. The third-order valence-corrected chi connectivity index (χ3v) is 5.90. The Labute approximate surface area is 157 Å². The van der Waals surface area contributed by atoms with E-state index in [1.807, 2.05) is 0 Å². The van der Waals surface area contributed by atoms with E-state index in [2.05, 4.69) is 5.32 Å². The van der Waals surface area contributed by atoms with Crippen LogP contribution in [-0.2, 0) is 14.8 Å². The SMILES string of the molecule is CCN(CC)S(=O)(=O)c1ccc(C=CC(=O)Nc2ccc(F)cc2F)cc1. The van der Waals surface area contributed by atoms with Crippen LogP contribution >= 0.6 is 0 Å². The van der Waals surface area contributed by atoms with Crippen molar-refractivity contribution in [1.82, 2.24) is 4.31 Å². The Morgan fingerprint density at radius 2 is 1.70 bits per heavy atom. The number of rotatable bonds is 7. The molecule has 0 atom stereocenters. The van der Waals surface area contributed by atoms with Gasteiger partial charge in [-0.3, -0.25) is 4.79 Å². The van der Waals surface area contributed by atoms with Crippen molar-refractivity contribution < 1.29 is 22.0 Å². The largest absolute Gasteiger partial charge is 0.320 e. The molecule has 2 aromatic rings. The van der Waals surface area contributed by atoms with Gasteiger partial charge in [0, 0.05) is 25.2 Å². The number of amides is 1. The Morgan fingerprint density at radius 3 is 2.26 bits per heavy atom. The minimum atomic E-state index is -3.54. The Hall–Kier alpha value is -2.58. The summed E-state index contributed by atoms with van der Waals surface area (Å²) >= 11 is 0. The van der Waals surface area contributed by atoms with E-state index in [9.17, 15) is 22.0 Å². The average Bonchev–Trinajstić information content (AvgIpc) is 2.63. The lowest BCUT2D eigenvalue weighted by molar-refractivity contribution is -0.111. The number of sulfonamides is 1. The van der Waals surface area contributed by atoms with Crippen LogP contribution in [0.2, 0.25) is 0 Å². The van der Waals surface area contributed by atoms with E-state index in [-0.39, 0.29) is 10.6 Å². The lowest BCUT2D eigenvalue weighted by Crippen LogP contribution is -2.30. The molecule has 144 valence electrons. The minimum absolute atomic E-state index is 0.133. The Morgan fingerprint density at radius 1 is 1.07 bits per heavy atom. The number of halogens is 2. The smallest absolute Gasteiger partial charge is 0.248 e. The summed E-state index contributed by atoms with van der Waals surface area (Å²) in [7, 11) is -3.54. The van der Waals surface area contributed by atoms with Gasteiger partial charge in [-0.05, 0) is 35.9 Å². The fourth-order valence-electron chi connectivity index (χ4n) is 2.40. The van der Waals surface area contributed by atoms with Crippen molar-refractivity contribution >= 4 is 27.7 Å². The van der Waals surface area contributed by atoms with Crippen LogP contribution in [0.4, 0.5) is 14.5 Å². The van der Waals surface area contributed by atoms with Crippen LogP contribution in [0.3, 0.4) is 0 Å². The summed E-state index contributed by atoms with van der Waals surface area (Å²) in [5.41, 5.74) is 0.468. The van der Waals surface area contributed by atoms with Gasteiger partial charge in [-0.25, -0.2) is 17.2 Å². The van der Waals surface area contributed by atoms with Gasteiger partial charge in [-0.2, -0.15) is 4.31 Å². The van der Waals surface area contributed by atoms with E-state index in [0.29, 0.717) is 24.7 Å². The van der Waals surface area contributed by atoms with Crippen molar-refractivity contribution in [3.8, 4) is 0 Å². The monoisotopic (exact) mass is 394 g/mol. The average molecular weight is 394 g/mol. The topological polar surface area (TPSA) is 66.5 Å². The second-order valence-corrected chi connectivity index (χ2v) is 7.54. The van der Waals surface area contributed by atoms with Crippen molar-refractivity contribution in [3.63, 3.8) is 0 Å². The molecule has 0 bridgehead atoms. The molecular weight excluding hydrogens is 374 g/mol. The summed E-state index contributed by atoms with van der Waals surface area (Å²) in [6, 6.07) is 8.90. The zero-order valence-corrected chi connectivity index (χ0v) is 15.8. The molecular formula is C19H20F2N2O3S. The molecule has 1 N–H and O–H groups in total. The normalized spacial score (nSPS) is 11.9. The molecule has 8 heteroatoms. The van der Waals surface area contributed by atoms with Crippen molar-refractivity contribution in [2.45, 2.75) is 18.7 Å². The van der Waals surface area contributed by atoms with Crippen molar-refractivity contribution in [2.24, 2.45) is 0 Å². The Bertz CT molecular complexity index is 938. The molecule has 0 saturated carbocycles. The molecule has 1 amide bonds. The van der Waals surface area contributed by atoms with Gasteiger partial charge in [0.05, 0.1) is 10.6 Å².